The molecule has 0 bridgehead atoms. The summed E-state index contributed by atoms with van der Waals surface area (Å²) in [5.74, 6) is 1.01. The zero-order chi connectivity index (χ0) is 69.9. The summed E-state index contributed by atoms with van der Waals surface area (Å²) in [4.78, 5) is 107. The molecule has 12 rings (SSSR count). The third-order valence-corrected chi connectivity index (χ3v) is 18.3. The predicted octanol–water partition coefficient (Wildman–Crippen LogP) is 15.1. The first-order valence-corrected chi connectivity index (χ1v) is 34.3. The molecule has 0 aliphatic carbocycles. The number of aromatic nitrogens is 6. The zero-order valence-electron chi connectivity index (χ0n) is 52.6. The van der Waals surface area contributed by atoms with Gasteiger partial charge in [-0.15, -0.1) is 0 Å². The lowest BCUT2D eigenvalue weighted by atomic mass is 10.2. The minimum atomic E-state index is -0.833. The number of halogens is 3. The van der Waals surface area contributed by atoms with E-state index in [0.717, 1.165) is 6.92 Å². The lowest BCUT2D eigenvalue weighted by Crippen LogP contribution is -2.31. The average Bonchev–Trinajstić information content (AvgIpc) is 1.72. The number of carbonyl (C=O) groups excluding carboxylic acids is 3. The van der Waals surface area contributed by atoms with Gasteiger partial charge in [0.2, 0.25) is 17.6 Å². The summed E-state index contributed by atoms with van der Waals surface area (Å²) in [6.45, 7) is 14.7. The number of aliphatic carboxylic acids is 1. The topological polar surface area (TPSA) is 229 Å². The van der Waals surface area contributed by atoms with Gasteiger partial charge in [-0.25, -0.2) is 0 Å². The van der Waals surface area contributed by atoms with Gasteiger partial charge in [-0.2, -0.15) is 15.0 Å². The first kappa shape index (κ1) is 72.7. The van der Waals surface area contributed by atoms with Gasteiger partial charge >= 0.3 is 0 Å². The molecule has 0 saturated carbocycles. The molecule has 498 valence electrons. The lowest BCUT2D eigenvalue weighted by molar-refractivity contribution is -0.134. The van der Waals surface area contributed by atoms with Crippen molar-refractivity contribution in [2.24, 2.45) is 17.8 Å². The summed E-state index contributed by atoms with van der Waals surface area (Å²) < 4.78 is 23.4. The van der Waals surface area contributed by atoms with Crippen LogP contribution in [0.25, 0.3) is 35.2 Å². The van der Waals surface area contributed by atoms with Gasteiger partial charge in [0.25, 0.3) is 40.4 Å². The van der Waals surface area contributed by atoms with Crippen LogP contribution >= 0.6 is 107 Å². The number of hydrogen-bond acceptors (Lipinski definition) is 19. The summed E-state index contributed by atoms with van der Waals surface area (Å²) in [6.07, 6.45) is 9.41. The van der Waals surface area contributed by atoms with Crippen molar-refractivity contribution in [3.63, 3.8) is 0 Å². The number of carbonyl (C=O) groups is 4. The van der Waals surface area contributed by atoms with E-state index in [2.05, 4.69) is 15.0 Å². The second-order valence-corrected chi connectivity index (χ2v) is 28.8. The molecule has 1 N–H and O–H groups in total. The molecule has 9 heterocycles. The fourth-order valence-electron chi connectivity index (χ4n) is 9.15. The first-order valence-electron chi connectivity index (χ1n) is 29.5. The normalized spacial score (nSPS) is 15.1. The molecule has 3 aliphatic rings. The summed E-state index contributed by atoms with van der Waals surface area (Å²) in [6, 6.07) is 35.9. The van der Waals surface area contributed by atoms with Gasteiger partial charge in [0, 0.05) is 60.2 Å². The highest BCUT2D eigenvalue weighted by Gasteiger charge is 2.36. The number of rotatable bonds is 15. The zero-order valence-corrected chi connectivity index (χ0v) is 59.7. The molecule has 0 unspecified atom stereocenters. The van der Waals surface area contributed by atoms with E-state index in [9.17, 15) is 28.8 Å². The minimum Gasteiger partial charge on any atom is -0.481 e. The van der Waals surface area contributed by atoms with E-state index in [-0.39, 0.29) is 86.5 Å². The molecular formula is C68H58Cl3N9O11S6. The SMILES string of the molecule is CC(=O)O.CC(C)CN1C(=O)/C(=C/c2c(Oc3ccc(Cl)cc3)nc3ccccn3c2=O)SC1=S.CC(C)CN1C(=O)/C(=C/c2c(Oc3ccc(Cl)cc3)nc3ccccn3c2=O)SC1=S.CC(C)CN1C(=O)/C(=C/c2c(Oc3ccc(Cl)cc3)nc3ccccn3c2=O)SC1=S. The highest BCUT2D eigenvalue weighted by molar-refractivity contribution is 8.27. The van der Waals surface area contributed by atoms with Gasteiger partial charge in [-0.05, 0) is 145 Å². The van der Waals surface area contributed by atoms with Gasteiger partial charge in [0.15, 0.2) is 0 Å². The molecule has 3 aromatic carbocycles. The third kappa shape index (κ3) is 18.4. The van der Waals surface area contributed by atoms with Crippen molar-refractivity contribution >= 4 is 179 Å². The Balaban J connectivity index is 0.000000166. The maximum Gasteiger partial charge on any atom is 0.300 e. The lowest BCUT2D eigenvalue weighted by Gasteiger charge is -2.16. The fourth-order valence-corrected chi connectivity index (χ4v) is 13.3. The summed E-state index contributed by atoms with van der Waals surface area (Å²) in [5, 5.41) is 9.11. The Labute approximate surface area is 599 Å². The van der Waals surface area contributed by atoms with Crippen molar-refractivity contribution in [2.45, 2.75) is 48.5 Å². The highest BCUT2D eigenvalue weighted by Crippen LogP contribution is 2.38. The van der Waals surface area contributed by atoms with Crippen LogP contribution in [-0.2, 0) is 19.2 Å². The van der Waals surface area contributed by atoms with Crippen molar-refractivity contribution in [3.05, 3.63) is 224 Å². The Morgan fingerprint density at radius 3 is 0.907 bits per heavy atom. The van der Waals surface area contributed by atoms with E-state index in [1.807, 2.05) is 41.5 Å². The van der Waals surface area contributed by atoms with Gasteiger partial charge in [0.05, 0.1) is 14.7 Å². The van der Waals surface area contributed by atoms with Gasteiger partial charge in [-0.3, -0.25) is 61.5 Å². The van der Waals surface area contributed by atoms with Crippen molar-refractivity contribution in [1.29, 1.82) is 0 Å². The summed E-state index contributed by atoms with van der Waals surface area (Å²) in [5.41, 5.74) is 0.773. The largest absolute Gasteiger partial charge is 0.481 e. The monoisotopic (exact) mass is 1470 g/mol. The molecule has 0 radical (unpaired) electrons. The second kappa shape index (κ2) is 32.7. The standard InChI is InChI=1S/3C22H18ClN3O3S2.C2H4O2/c3*1-13(2)12-26-21(28)17(31-22(26)30)11-16-19(29-15-8-6-14(23)7-9-15)24-18-5-3-4-10-25(18)20(16)27;1-2(3)4/h3*3-11,13H,12H2,1-2H3;1H3,(H,3,4)/b3*17-11-;. The van der Waals surface area contributed by atoms with Crippen molar-refractivity contribution < 1.29 is 38.5 Å². The number of thiocarbonyl (C=S) groups is 3. The van der Waals surface area contributed by atoms with E-state index in [0.29, 0.717) is 96.6 Å². The molecule has 3 fully saturated rings. The van der Waals surface area contributed by atoms with Crippen LogP contribution in [0.4, 0.5) is 0 Å². The van der Waals surface area contributed by atoms with E-state index in [1.165, 1.54) is 66.7 Å². The number of hydrogen-bond donors (Lipinski definition) is 1. The number of nitrogens with zero attached hydrogens (tertiary/aromatic N) is 9. The highest BCUT2D eigenvalue weighted by atomic mass is 35.5. The predicted molar refractivity (Wildman–Crippen MR) is 396 cm³/mol. The van der Waals surface area contributed by atoms with Gasteiger partial charge in [0.1, 0.15) is 63.8 Å². The van der Waals surface area contributed by atoms with Gasteiger partial charge < -0.3 is 19.3 Å². The van der Waals surface area contributed by atoms with Crippen molar-refractivity contribution in [3.8, 4) is 34.9 Å². The van der Waals surface area contributed by atoms with Crippen LogP contribution in [0.1, 0.15) is 65.2 Å². The summed E-state index contributed by atoms with van der Waals surface area (Å²) >= 11 is 37.5. The maximum atomic E-state index is 13.2. The Morgan fingerprint density at radius 1 is 0.443 bits per heavy atom. The quantitative estimate of drug-likeness (QED) is 0.0743. The number of carboxylic acids is 1. The molecule has 3 amide bonds. The smallest absolute Gasteiger partial charge is 0.300 e. The molecule has 3 aliphatic heterocycles. The Hall–Kier alpha value is -8.57. The molecule has 6 aromatic heterocycles. The third-order valence-electron chi connectivity index (χ3n) is 13.4. The number of amides is 3. The number of benzene rings is 3. The average molecular weight is 1480 g/mol. The van der Waals surface area contributed by atoms with Crippen LogP contribution in [0, 0.1) is 17.8 Å². The van der Waals surface area contributed by atoms with Crippen LogP contribution in [0.2, 0.25) is 15.1 Å². The molecule has 20 nitrogen and oxygen atoms in total. The molecule has 29 heteroatoms. The second-order valence-electron chi connectivity index (χ2n) is 22.4. The molecule has 3 saturated heterocycles. The van der Waals surface area contributed by atoms with Crippen LogP contribution in [0.15, 0.2) is 175 Å². The van der Waals surface area contributed by atoms with E-state index >= 15 is 0 Å². The Morgan fingerprint density at radius 2 is 0.680 bits per heavy atom. The van der Waals surface area contributed by atoms with E-state index < -0.39 is 5.97 Å². The molecule has 9 aromatic rings. The van der Waals surface area contributed by atoms with E-state index in [4.69, 9.17) is 95.6 Å². The molecule has 0 atom stereocenters. The van der Waals surface area contributed by atoms with Gasteiger partial charge in [-0.1, -0.05) is 166 Å². The van der Waals surface area contributed by atoms with Crippen LogP contribution in [0.5, 0.6) is 34.9 Å². The number of fused-ring (bicyclic) bond motifs is 3. The summed E-state index contributed by atoms with van der Waals surface area (Å²) in [7, 11) is 0. The minimum absolute atomic E-state index is 0.104. The first-order chi connectivity index (χ1) is 46.2. The number of pyridine rings is 3. The molecule has 97 heavy (non-hydrogen) atoms. The van der Waals surface area contributed by atoms with Crippen LogP contribution < -0.4 is 30.9 Å². The number of carboxylic acid groups (broad SMARTS) is 1. The van der Waals surface area contributed by atoms with Crippen LogP contribution in [-0.4, -0.2) is 104 Å². The van der Waals surface area contributed by atoms with Crippen LogP contribution in [0.3, 0.4) is 0 Å². The van der Waals surface area contributed by atoms with Crippen molar-refractivity contribution in [1.82, 2.24) is 42.9 Å². The number of thioether (sulfide) groups is 3. The number of ether oxygens (including phenoxy) is 3. The maximum absolute atomic E-state index is 13.2. The van der Waals surface area contributed by atoms with E-state index in [1.54, 1.807) is 161 Å². The Bertz CT molecular complexity index is 4400. The molecule has 0 spiro atoms. The van der Waals surface area contributed by atoms with Crippen molar-refractivity contribution in [2.75, 3.05) is 19.6 Å². The molecular weight excluding hydrogens is 1420 g/mol. The Kier molecular flexibility index (Phi) is 24.5. The fraction of sp³-hybridized carbons (Fsp3) is 0.191.